The molecule has 2 nitrogen and oxygen atoms in total. The maximum atomic E-state index is 13.1. The molecule has 0 saturated heterocycles. The first-order valence-corrected chi connectivity index (χ1v) is 5.84. The number of halogens is 3. The second-order valence-electron chi connectivity index (χ2n) is 3.62. The number of aromatic nitrogens is 1. The van der Waals surface area contributed by atoms with E-state index in [2.05, 4.69) is 4.98 Å². The van der Waals surface area contributed by atoms with Crippen molar-refractivity contribution >= 4 is 23.2 Å². The van der Waals surface area contributed by atoms with Gasteiger partial charge in [-0.05, 0) is 29.8 Å². The molecule has 2 aromatic rings. The Morgan fingerprint density at radius 3 is 2.78 bits per heavy atom. The summed E-state index contributed by atoms with van der Waals surface area (Å²) in [6.07, 6.45) is 1.15. The van der Waals surface area contributed by atoms with Crippen molar-refractivity contribution in [3.05, 3.63) is 51.9 Å². The van der Waals surface area contributed by atoms with E-state index in [4.69, 9.17) is 28.5 Å². The van der Waals surface area contributed by atoms with Gasteiger partial charge in [0, 0.05) is 10.6 Å². The highest BCUT2D eigenvalue weighted by Crippen LogP contribution is 2.31. The van der Waals surface area contributed by atoms with Crippen molar-refractivity contribution in [2.75, 3.05) is 0 Å². The molecular weight excluding hydrogens is 274 g/mol. The predicted octanol–water partition coefficient (Wildman–Crippen LogP) is 4.26. The first-order chi connectivity index (χ1) is 8.61. The number of hydrogen-bond donors (Lipinski definition) is 0. The Labute approximate surface area is 114 Å². The second-order valence-corrected chi connectivity index (χ2v) is 4.46. The summed E-state index contributed by atoms with van der Waals surface area (Å²) in [5, 5.41) is 9.71. The van der Waals surface area contributed by atoms with Gasteiger partial charge in [0.15, 0.2) is 0 Å². The minimum atomic E-state index is -0.484. The Kier molecular flexibility index (Phi) is 3.81. The molecule has 0 amide bonds. The lowest BCUT2D eigenvalue weighted by atomic mass is 10.0. The van der Waals surface area contributed by atoms with E-state index in [9.17, 15) is 4.39 Å². The molecular formula is C13H7Cl2FN2. The summed E-state index contributed by atoms with van der Waals surface area (Å²) in [5.41, 5.74) is 1.56. The SMILES string of the molecule is N#CCc1cc(F)cnc1-c1cc(Cl)ccc1Cl. The molecule has 0 N–H and O–H groups in total. The molecule has 2 rings (SSSR count). The average molecular weight is 281 g/mol. The average Bonchev–Trinajstić information content (AvgIpc) is 2.33. The van der Waals surface area contributed by atoms with Gasteiger partial charge in [0.1, 0.15) is 5.82 Å². The third-order valence-electron chi connectivity index (χ3n) is 2.39. The molecule has 0 aliphatic heterocycles. The highest BCUT2D eigenvalue weighted by molar-refractivity contribution is 6.35. The van der Waals surface area contributed by atoms with E-state index in [0.29, 0.717) is 26.9 Å². The zero-order valence-corrected chi connectivity index (χ0v) is 10.6. The predicted molar refractivity (Wildman–Crippen MR) is 69.0 cm³/mol. The normalized spacial score (nSPS) is 10.1. The van der Waals surface area contributed by atoms with E-state index in [1.54, 1.807) is 18.2 Å². The van der Waals surface area contributed by atoms with E-state index in [-0.39, 0.29) is 6.42 Å². The maximum Gasteiger partial charge on any atom is 0.141 e. The van der Waals surface area contributed by atoms with Crippen LogP contribution in [0, 0.1) is 17.1 Å². The van der Waals surface area contributed by atoms with E-state index in [1.807, 2.05) is 6.07 Å². The molecule has 0 aliphatic carbocycles. The monoisotopic (exact) mass is 280 g/mol. The van der Waals surface area contributed by atoms with Gasteiger partial charge in [-0.3, -0.25) is 4.98 Å². The van der Waals surface area contributed by atoms with Crippen LogP contribution in [0.3, 0.4) is 0 Å². The molecule has 1 heterocycles. The number of rotatable bonds is 2. The quantitative estimate of drug-likeness (QED) is 0.824. The zero-order valence-electron chi connectivity index (χ0n) is 9.12. The van der Waals surface area contributed by atoms with Gasteiger partial charge in [0.05, 0.1) is 29.4 Å². The molecule has 90 valence electrons. The van der Waals surface area contributed by atoms with Crippen LogP contribution in [0.4, 0.5) is 4.39 Å². The summed E-state index contributed by atoms with van der Waals surface area (Å²) in [5.74, 6) is -0.484. The van der Waals surface area contributed by atoms with Gasteiger partial charge in [-0.15, -0.1) is 0 Å². The fourth-order valence-corrected chi connectivity index (χ4v) is 2.00. The first-order valence-electron chi connectivity index (χ1n) is 5.08. The van der Waals surface area contributed by atoms with Crippen LogP contribution in [-0.2, 0) is 6.42 Å². The van der Waals surface area contributed by atoms with Crippen molar-refractivity contribution in [3.63, 3.8) is 0 Å². The van der Waals surface area contributed by atoms with Crippen LogP contribution < -0.4 is 0 Å². The molecule has 0 fully saturated rings. The summed E-state index contributed by atoms with van der Waals surface area (Å²) in [6.45, 7) is 0. The zero-order chi connectivity index (χ0) is 13.1. The molecule has 0 saturated carbocycles. The number of nitriles is 1. The van der Waals surface area contributed by atoms with E-state index < -0.39 is 5.82 Å². The third kappa shape index (κ3) is 2.61. The van der Waals surface area contributed by atoms with Crippen LogP contribution in [0.2, 0.25) is 10.0 Å². The summed E-state index contributed by atoms with van der Waals surface area (Å²) in [6, 6.07) is 8.19. The minimum Gasteiger partial charge on any atom is -0.253 e. The Morgan fingerprint density at radius 1 is 1.28 bits per heavy atom. The molecule has 0 radical (unpaired) electrons. The van der Waals surface area contributed by atoms with Gasteiger partial charge in [-0.25, -0.2) is 4.39 Å². The summed E-state index contributed by atoms with van der Waals surface area (Å²) < 4.78 is 13.1. The fourth-order valence-electron chi connectivity index (χ4n) is 1.62. The molecule has 0 bridgehead atoms. The summed E-state index contributed by atoms with van der Waals surface area (Å²) >= 11 is 12.0. The maximum absolute atomic E-state index is 13.1. The Hall–Kier alpha value is -1.63. The van der Waals surface area contributed by atoms with Gasteiger partial charge in [0.2, 0.25) is 0 Å². The largest absolute Gasteiger partial charge is 0.253 e. The number of nitrogens with zero attached hydrogens (tertiary/aromatic N) is 2. The van der Waals surface area contributed by atoms with Crippen molar-refractivity contribution in [2.45, 2.75) is 6.42 Å². The number of benzene rings is 1. The Balaban J connectivity index is 2.63. The molecule has 1 aromatic carbocycles. The highest BCUT2D eigenvalue weighted by atomic mass is 35.5. The van der Waals surface area contributed by atoms with Crippen LogP contribution in [0.25, 0.3) is 11.3 Å². The lowest BCUT2D eigenvalue weighted by Gasteiger charge is -2.08. The second kappa shape index (κ2) is 5.34. The topological polar surface area (TPSA) is 36.7 Å². The molecule has 1 aromatic heterocycles. The minimum absolute atomic E-state index is 0.0585. The van der Waals surface area contributed by atoms with Gasteiger partial charge in [-0.1, -0.05) is 23.2 Å². The summed E-state index contributed by atoms with van der Waals surface area (Å²) in [7, 11) is 0. The van der Waals surface area contributed by atoms with Crippen LogP contribution in [-0.4, -0.2) is 4.98 Å². The Morgan fingerprint density at radius 2 is 2.06 bits per heavy atom. The highest BCUT2D eigenvalue weighted by Gasteiger charge is 2.12. The smallest absolute Gasteiger partial charge is 0.141 e. The van der Waals surface area contributed by atoms with Gasteiger partial charge in [0.25, 0.3) is 0 Å². The van der Waals surface area contributed by atoms with Crippen molar-refractivity contribution in [1.82, 2.24) is 4.98 Å². The van der Waals surface area contributed by atoms with E-state index in [0.717, 1.165) is 6.20 Å². The van der Waals surface area contributed by atoms with Crippen molar-refractivity contribution in [2.24, 2.45) is 0 Å². The van der Waals surface area contributed by atoms with Crippen molar-refractivity contribution < 1.29 is 4.39 Å². The van der Waals surface area contributed by atoms with E-state index >= 15 is 0 Å². The van der Waals surface area contributed by atoms with E-state index in [1.165, 1.54) is 6.07 Å². The van der Waals surface area contributed by atoms with Crippen molar-refractivity contribution in [1.29, 1.82) is 5.26 Å². The Bertz CT molecular complexity index is 635. The van der Waals surface area contributed by atoms with Crippen LogP contribution >= 0.6 is 23.2 Å². The van der Waals surface area contributed by atoms with Gasteiger partial charge in [-0.2, -0.15) is 5.26 Å². The molecule has 18 heavy (non-hydrogen) atoms. The van der Waals surface area contributed by atoms with Crippen LogP contribution in [0.1, 0.15) is 5.56 Å². The lowest BCUT2D eigenvalue weighted by molar-refractivity contribution is 0.620. The standard InChI is InChI=1S/C13H7Cl2FN2/c14-9-1-2-12(15)11(6-9)13-8(3-4-17)5-10(16)7-18-13/h1-2,5-7H,3H2. The van der Waals surface area contributed by atoms with Crippen LogP contribution in [0.15, 0.2) is 30.5 Å². The molecule has 0 spiro atoms. The summed E-state index contributed by atoms with van der Waals surface area (Å²) in [4.78, 5) is 4.00. The van der Waals surface area contributed by atoms with Gasteiger partial charge >= 0.3 is 0 Å². The molecule has 0 unspecified atom stereocenters. The molecule has 0 aliphatic rings. The number of pyridine rings is 1. The number of hydrogen-bond acceptors (Lipinski definition) is 2. The lowest BCUT2D eigenvalue weighted by Crippen LogP contribution is -1.95. The fraction of sp³-hybridized carbons (Fsp3) is 0.0769. The first kappa shape index (κ1) is 12.8. The molecule has 5 heteroatoms. The van der Waals surface area contributed by atoms with Crippen LogP contribution in [0.5, 0.6) is 0 Å². The van der Waals surface area contributed by atoms with Crippen molar-refractivity contribution in [3.8, 4) is 17.3 Å². The third-order valence-corrected chi connectivity index (χ3v) is 2.95. The molecule has 0 atom stereocenters. The van der Waals surface area contributed by atoms with Gasteiger partial charge < -0.3 is 0 Å².